The Kier molecular flexibility index (Phi) is 2.38. The Morgan fingerprint density at radius 3 is 2.67 bits per heavy atom. The quantitative estimate of drug-likeness (QED) is 0.781. The zero-order chi connectivity index (χ0) is 11.2. The van der Waals surface area contributed by atoms with Gasteiger partial charge in [-0.3, -0.25) is 4.79 Å². The van der Waals surface area contributed by atoms with Gasteiger partial charge in [-0.25, -0.2) is 0 Å². The third kappa shape index (κ3) is 1.59. The number of methoxy groups -OCH3 is 1. The number of benzene rings is 1. The minimum Gasteiger partial charge on any atom is -0.497 e. The average Bonchev–Trinajstić information content (AvgIpc) is 2.37. The normalized spacial score (nSPS) is 17.7. The molecule has 0 saturated heterocycles. The summed E-state index contributed by atoms with van der Waals surface area (Å²) in [7, 11) is 1.61. The van der Waals surface area contributed by atoms with Crippen LogP contribution >= 0.6 is 15.9 Å². The number of carbonyl (C=O) groups excluding carboxylic acids is 1. The first kappa shape index (κ1) is 10.7. The maximum absolute atomic E-state index is 11.8. The highest BCUT2D eigenvalue weighted by molar-refractivity contribution is 9.10. The second kappa shape index (κ2) is 3.34. The maximum atomic E-state index is 11.8. The van der Waals surface area contributed by atoms with Crippen LogP contribution in [0.3, 0.4) is 0 Å². The Morgan fingerprint density at radius 1 is 1.40 bits per heavy atom. The molecule has 0 N–H and O–H groups in total. The molecule has 0 unspecified atom stereocenters. The van der Waals surface area contributed by atoms with Crippen LogP contribution in [0.4, 0.5) is 0 Å². The maximum Gasteiger partial charge on any atom is 0.164 e. The van der Waals surface area contributed by atoms with E-state index in [4.69, 9.17) is 4.74 Å². The van der Waals surface area contributed by atoms with E-state index in [1.165, 1.54) is 0 Å². The summed E-state index contributed by atoms with van der Waals surface area (Å²) in [5.41, 5.74) is 1.83. The monoisotopic (exact) mass is 268 g/mol. The van der Waals surface area contributed by atoms with Crippen molar-refractivity contribution >= 4 is 21.7 Å². The number of ketones is 1. The van der Waals surface area contributed by atoms with Crippen molar-refractivity contribution in [1.82, 2.24) is 0 Å². The molecule has 0 spiro atoms. The summed E-state index contributed by atoms with van der Waals surface area (Å²) in [6.07, 6.45) is 0.577. The molecule has 0 aliphatic heterocycles. The van der Waals surface area contributed by atoms with Crippen molar-refractivity contribution in [3.8, 4) is 5.75 Å². The number of ether oxygens (including phenoxy) is 1. The molecule has 2 nitrogen and oxygen atoms in total. The molecule has 80 valence electrons. The van der Waals surface area contributed by atoms with Crippen LogP contribution in [0.2, 0.25) is 0 Å². The number of rotatable bonds is 1. The molecule has 0 saturated carbocycles. The molecule has 0 atom stereocenters. The van der Waals surface area contributed by atoms with E-state index in [0.717, 1.165) is 21.3 Å². The van der Waals surface area contributed by atoms with Crippen LogP contribution in [-0.2, 0) is 5.41 Å². The van der Waals surface area contributed by atoms with Gasteiger partial charge in [-0.15, -0.1) is 0 Å². The van der Waals surface area contributed by atoms with Crippen molar-refractivity contribution < 1.29 is 9.53 Å². The summed E-state index contributed by atoms with van der Waals surface area (Å²) >= 11 is 3.51. The fourth-order valence-electron chi connectivity index (χ4n) is 2.19. The van der Waals surface area contributed by atoms with E-state index < -0.39 is 0 Å². The van der Waals surface area contributed by atoms with Crippen LogP contribution < -0.4 is 4.74 Å². The van der Waals surface area contributed by atoms with Crippen molar-refractivity contribution in [2.24, 2.45) is 0 Å². The smallest absolute Gasteiger partial charge is 0.164 e. The molecule has 0 radical (unpaired) electrons. The van der Waals surface area contributed by atoms with Crippen molar-refractivity contribution in [1.29, 1.82) is 0 Å². The van der Waals surface area contributed by atoms with Gasteiger partial charge in [0.25, 0.3) is 0 Å². The zero-order valence-corrected chi connectivity index (χ0v) is 10.6. The molecule has 1 aromatic carbocycles. The van der Waals surface area contributed by atoms with E-state index in [-0.39, 0.29) is 11.2 Å². The third-order valence-corrected chi connectivity index (χ3v) is 3.50. The summed E-state index contributed by atoms with van der Waals surface area (Å²) in [6, 6.07) is 3.75. The van der Waals surface area contributed by atoms with Gasteiger partial charge in [-0.2, -0.15) is 0 Å². The van der Waals surface area contributed by atoms with E-state index in [9.17, 15) is 4.79 Å². The first-order valence-electron chi connectivity index (χ1n) is 4.87. The molecule has 15 heavy (non-hydrogen) atoms. The highest BCUT2D eigenvalue weighted by atomic mass is 79.9. The molecular formula is C12H13BrO2. The van der Waals surface area contributed by atoms with Gasteiger partial charge in [0.15, 0.2) is 5.78 Å². The lowest BCUT2D eigenvalue weighted by Gasteiger charge is -2.19. The van der Waals surface area contributed by atoms with Gasteiger partial charge in [0.1, 0.15) is 5.75 Å². The Morgan fingerprint density at radius 2 is 2.07 bits per heavy atom. The van der Waals surface area contributed by atoms with Gasteiger partial charge in [-0.1, -0.05) is 29.8 Å². The summed E-state index contributed by atoms with van der Waals surface area (Å²) in [5.74, 6) is 0.932. The second-order valence-corrected chi connectivity index (χ2v) is 5.37. The third-order valence-electron chi connectivity index (χ3n) is 2.88. The molecule has 0 bridgehead atoms. The molecular weight excluding hydrogens is 256 g/mol. The first-order valence-corrected chi connectivity index (χ1v) is 5.66. The van der Waals surface area contributed by atoms with Gasteiger partial charge in [0.05, 0.1) is 7.11 Å². The van der Waals surface area contributed by atoms with Crippen LogP contribution in [-0.4, -0.2) is 12.9 Å². The molecule has 0 aromatic heterocycles. The van der Waals surface area contributed by atoms with E-state index in [1.807, 2.05) is 12.1 Å². The van der Waals surface area contributed by atoms with Crippen molar-refractivity contribution in [2.75, 3.05) is 7.11 Å². The van der Waals surface area contributed by atoms with E-state index in [2.05, 4.69) is 29.8 Å². The van der Waals surface area contributed by atoms with E-state index in [1.54, 1.807) is 7.11 Å². The van der Waals surface area contributed by atoms with Crippen LogP contribution in [0.25, 0.3) is 0 Å². The lowest BCUT2D eigenvalue weighted by atomic mass is 9.86. The molecule has 3 heteroatoms. The van der Waals surface area contributed by atoms with Gasteiger partial charge in [0, 0.05) is 16.5 Å². The minimum atomic E-state index is -0.0719. The number of hydrogen-bond acceptors (Lipinski definition) is 2. The molecule has 0 heterocycles. The first-order chi connectivity index (χ1) is 6.95. The molecule has 1 aliphatic rings. The Hall–Kier alpha value is -0.830. The number of carbonyl (C=O) groups is 1. The zero-order valence-electron chi connectivity index (χ0n) is 9.06. The summed E-state index contributed by atoms with van der Waals surface area (Å²) in [6.45, 7) is 4.18. The SMILES string of the molecule is COc1cc(Br)c2c(c1)C(=O)CC2(C)C. The lowest BCUT2D eigenvalue weighted by molar-refractivity contribution is 0.0979. The predicted molar refractivity (Wildman–Crippen MR) is 62.7 cm³/mol. The summed E-state index contributed by atoms with van der Waals surface area (Å²) in [4.78, 5) is 11.8. The molecule has 0 amide bonds. The van der Waals surface area contributed by atoms with Crippen LogP contribution in [0, 0.1) is 0 Å². The second-order valence-electron chi connectivity index (χ2n) is 4.52. The highest BCUT2D eigenvalue weighted by Crippen LogP contribution is 2.44. The topological polar surface area (TPSA) is 26.3 Å². The lowest BCUT2D eigenvalue weighted by Crippen LogP contribution is -2.13. The fraction of sp³-hybridized carbons (Fsp3) is 0.417. The predicted octanol–water partition coefficient (Wildman–Crippen LogP) is 3.32. The number of halogens is 1. The van der Waals surface area contributed by atoms with Crippen molar-refractivity contribution in [3.05, 3.63) is 27.7 Å². The molecule has 2 rings (SSSR count). The molecule has 1 aliphatic carbocycles. The van der Waals surface area contributed by atoms with Crippen molar-refractivity contribution in [3.63, 3.8) is 0 Å². The Bertz CT molecular complexity index is 435. The largest absolute Gasteiger partial charge is 0.497 e. The fourth-order valence-corrected chi connectivity index (χ4v) is 3.17. The summed E-state index contributed by atoms with van der Waals surface area (Å²) < 4.78 is 6.12. The number of Topliss-reactive ketones (excluding diaryl/α,β-unsaturated/α-hetero) is 1. The van der Waals surface area contributed by atoms with E-state index in [0.29, 0.717) is 6.42 Å². The summed E-state index contributed by atoms with van der Waals surface area (Å²) in [5, 5.41) is 0. The van der Waals surface area contributed by atoms with Crippen LogP contribution in [0.5, 0.6) is 5.75 Å². The number of fused-ring (bicyclic) bond motifs is 1. The van der Waals surface area contributed by atoms with Crippen LogP contribution in [0.15, 0.2) is 16.6 Å². The van der Waals surface area contributed by atoms with Gasteiger partial charge in [-0.05, 0) is 23.1 Å². The van der Waals surface area contributed by atoms with Crippen molar-refractivity contribution in [2.45, 2.75) is 25.7 Å². The van der Waals surface area contributed by atoms with Gasteiger partial charge in [0.2, 0.25) is 0 Å². The highest BCUT2D eigenvalue weighted by Gasteiger charge is 2.37. The minimum absolute atomic E-state index is 0.0719. The Labute approximate surface area is 97.8 Å². The van der Waals surface area contributed by atoms with Crippen LogP contribution in [0.1, 0.15) is 36.2 Å². The number of hydrogen-bond donors (Lipinski definition) is 0. The van der Waals surface area contributed by atoms with Gasteiger partial charge < -0.3 is 4.74 Å². The standard InChI is InChI=1S/C12H13BrO2/c1-12(2)6-10(14)8-4-7(15-3)5-9(13)11(8)12/h4-5H,6H2,1-3H3. The van der Waals surface area contributed by atoms with Gasteiger partial charge >= 0.3 is 0 Å². The van der Waals surface area contributed by atoms with E-state index >= 15 is 0 Å². The molecule has 0 fully saturated rings. The Balaban J connectivity index is 2.69. The average molecular weight is 269 g/mol. The molecule has 1 aromatic rings.